The molecule has 0 aliphatic heterocycles. The minimum Gasteiger partial charge on any atom is -0.466 e. The van der Waals surface area contributed by atoms with Crippen LogP contribution in [0.1, 0.15) is 26.2 Å². The summed E-state index contributed by atoms with van der Waals surface area (Å²) in [5.74, 6) is -0.880. The van der Waals surface area contributed by atoms with Crippen LogP contribution in [0, 0.1) is 0 Å². The summed E-state index contributed by atoms with van der Waals surface area (Å²) in [6.07, 6.45) is -3.98. The Hall–Kier alpha value is -1.07. The first-order valence-electron chi connectivity index (χ1n) is 4.73. The first-order valence-corrected chi connectivity index (χ1v) is 4.73. The quantitative estimate of drug-likeness (QED) is 0.540. The smallest absolute Gasteiger partial charge is 0.429 e. The fourth-order valence-electron chi connectivity index (χ4n) is 0.992. The Balaban J connectivity index is 2.61. The molecule has 0 unspecified atom stereocenters. The molecule has 0 bridgehead atoms. The molecule has 3 nitrogen and oxygen atoms in total. The molecule has 0 amide bonds. The van der Waals surface area contributed by atoms with Crippen molar-refractivity contribution in [1.29, 1.82) is 0 Å². The maximum atomic E-state index is 12.4. The van der Waals surface area contributed by atoms with Gasteiger partial charge in [0.2, 0.25) is 0 Å². The molecule has 0 atom stereocenters. The number of carbonyl (C=O) groups excluding carboxylic acids is 1. The highest BCUT2D eigenvalue weighted by atomic mass is 19.4. The van der Waals surface area contributed by atoms with Gasteiger partial charge in [-0.25, -0.2) is 0 Å². The number of alkyl halides is 3. The van der Waals surface area contributed by atoms with Crippen LogP contribution in [0.5, 0.6) is 0 Å². The van der Waals surface area contributed by atoms with Crippen LogP contribution in [-0.2, 0) is 9.53 Å². The number of esters is 1. The molecule has 1 rings (SSSR count). The van der Waals surface area contributed by atoms with Gasteiger partial charge in [0, 0.05) is 0 Å². The van der Waals surface area contributed by atoms with Crippen LogP contribution in [0.3, 0.4) is 0 Å². The van der Waals surface area contributed by atoms with Crippen molar-refractivity contribution in [1.82, 2.24) is 0 Å². The Morgan fingerprint density at radius 2 is 2.07 bits per heavy atom. The van der Waals surface area contributed by atoms with Crippen molar-refractivity contribution in [2.24, 2.45) is 4.99 Å². The number of ether oxygens (including phenoxy) is 1. The Bertz CT molecular complexity index is 269. The maximum absolute atomic E-state index is 12.4. The highest BCUT2D eigenvalue weighted by Gasteiger charge is 2.38. The van der Waals surface area contributed by atoms with Crippen LogP contribution in [0.2, 0.25) is 0 Å². The number of hydrogen-bond acceptors (Lipinski definition) is 3. The Morgan fingerprint density at radius 3 is 2.47 bits per heavy atom. The van der Waals surface area contributed by atoms with Gasteiger partial charge in [-0.05, 0) is 19.8 Å². The number of rotatable bonds is 4. The minimum absolute atomic E-state index is 0.0768. The van der Waals surface area contributed by atoms with Gasteiger partial charge >= 0.3 is 12.1 Å². The molecule has 0 saturated heterocycles. The molecular weight excluding hydrogens is 211 g/mol. The summed E-state index contributed by atoms with van der Waals surface area (Å²) in [5, 5.41) is 0. The van der Waals surface area contributed by atoms with Crippen molar-refractivity contribution >= 4 is 11.7 Å². The molecule has 1 fully saturated rings. The topological polar surface area (TPSA) is 38.7 Å². The molecule has 0 N–H and O–H groups in total. The van der Waals surface area contributed by atoms with Gasteiger partial charge in [0.25, 0.3) is 0 Å². The van der Waals surface area contributed by atoms with Crippen molar-refractivity contribution in [2.45, 2.75) is 38.4 Å². The fraction of sp³-hybridized carbons (Fsp3) is 0.778. The molecule has 0 spiro atoms. The lowest BCUT2D eigenvalue weighted by molar-refractivity contribution is -0.142. The van der Waals surface area contributed by atoms with Crippen LogP contribution in [-0.4, -0.2) is 30.5 Å². The third kappa shape index (κ3) is 4.31. The summed E-state index contributed by atoms with van der Waals surface area (Å²) in [5.41, 5.74) is -1.02. The lowest BCUT2D eigenvalue weighted by atomic mass is 10.2. The van der Waals surface area contributed by atoms with E-state index in [4.69, 9.17) is 0 Å². The SMILES string of the molecule is CCOC(=O)C/C(=N/C1CC1)C(F)(F)F. The maximum Gasteiger partial charge on any atom is 0.429 e. The summed E-state index contributed by atoms with van der Waals surface area (Å²) >= 11 is 0. The zero-order chi connectivity index (χ0) is 11.5. The van der Waals surface area contributed by atoms with Crippen molar-refractivity contribution in [3.63, 3.8) is 0 Å². The Morgan fingerprint density at radius 1 is 1.47 bits per heavy atom. The molecule has 0 radical (unpaired) electrons. The number of nitrogens with zero attached hydrogens (tertiary/aromatic N) is 1. The number of hydrogen-bond donors (Lipinski definition) is 0. The van der Waals surface area contributed by atoms with E-state index in [2.05, 4.69) is 9.73 Å². The van der Waals surface area contributed by atoms with E-state index < -0.39 is 24.3 Å². The third-order valence-corrected chi connectivity index (χ3v) is 1.83. The summed E-state index contributed by atoms with van der Waals surface area (Å²) in [4.78, 5) is 14.4. The van der Waals surface area contributed by atoms with Crippen LogP contribution >= 0.6 is 0 Å². The van der Waals surface area contributed by atoms with Crippen molar-refractivity contribution in [3.05, 3.63) is 0 Å². The van der Waals surface area contributed by atoms with E-state index in [9.17, 15) is 18.0 Å². The molecule has 1 aliphatic carbocycles. The van der Waals surface area contributed by atoms with Gasteiger partial charge in [0.1, 0.15) is 5.71 Å². The second kappa shape index (κ2) is 4.63. The van der Waals surface area contributed by atoms with E-state index >= 15 is 0 Å². The second-order valence-electron chi connectivity index (χ2n) is 3.29. The second-order valence-corrected chi connectivity index (χ2v) is 3.29. The van der Waals surface area contributed by atoms with Gasteiger partial charge < -0.3 is 4.74 Å². The van der Waals surface area contributed by atoms with E-state index in [1.165, 1.54) is 0 Å². The molecule has 6 heteroatoms. The van der Waals surface area contributed by atoms with Gasteiger partial charge in [-0.15, -0.1) is 0 Å². The highest BCUT2D eigenvalue weighted by Crippen LogP contribution is 2.28. The summed E-state index contributed by atoms with van der Waals surface area (Å²) in [6, 6.07) is -0.254. The summed E-state index contributed by atoms with van der Waals surface area (Å²) in [7, 11) is 0. The average Bonchev–Trinajstić information content (AvgIpc) is 2.85. The molecule has 0 heterocycles. The van der Waals surface area contributed by atoms with E-state index in [1.54, 1.807) is 6.92 Å². The van der Waals surface area contributed by atoms with E-state index in [0.717, 1.165) is 0 Å². The lowest BCUT2D eigenvalue weighted by Gasteiger charge is -2.09. The van der Waals surface area contributed by atoms with Crippen LogP contribution in [0.25, 0.3) is 0 Å². The molecule has 15 heavy (non-hydrogen) atoms. The largest absolute Gasteiger partial charge is 0.466 e. The van der Waals surface area contributed by atoms with E-state index in [-0.39, 0.29) is 12.6 Å². The zero-order valence-corrected chi connectivity index (χ0v) is 8.30. The molecule has 86 valence electrons. The normalized spacial score (nSPS) is 17.7. The predicted octanol–water partition coefficient (Wildman–Crippen LogP) is 2.11. The first kappa shape index (κ1) is 12.0. The first-order chi connectivity index (χ1) is 6.93. The standard InChI is InChI=1S/C9H12F3NO2/c1-2-15-8(14)5-7(9(10,11)12)13-6-3-4-6/h6H,2-5H2,1H3/b13-7-. The van der Waals surface area contributed by atoms with E-state index in [0.29, 0.717) is 12.8 Å². The highest BCUT2D eigenvalue weighted by molar-refractivity contribution is 6.02. The Kier molecular flexibility index (Phi) is 3.71. The van der Waals surface area contributed by atoms with Gasteiger partial charge in [-0.1, -0.05) is 0 Å². The van der Waals surface area contributed by atoms with Gasteiger partial charge in [-0.3, -0.25) is 9.79 Å². The minimum atomic E-state index is -4.53. The van der Waals surface area contributed by atoms with E-state index in [1.807, 2.05) is 0 Å². The van der Waals surface area contributed by atoms with Crippen LogP contribution in [0.15, 0.2) is 4.99 Å². The molecule has 1 saturated carbocycles. The molecule has 0 aromatic heterocycles. The lowest BCUT2D eigenvalue weighted by Crippen LogP contribution is -2.27. The fourth-order valence-corrected chi connectivity index (χ4v) is 0.992. The molecule has 0 aromatic rings. The van der Waals surface area contributed by atoms with Crippen molar-refractivity contribution in [3.8, 4) is 0 Å². The predicted molar refractivity (Wildman–Crippen MR) is 47.8 cm³/mol. The van der Waals surface area contributed by atoms with Crippen molar-refractivity contribution in [2.75, 3.05) is 6.61 Å². The monoisotopic (exact) mass is 223 g/mol. The summed E-state index contributed by atoms with van der Waals surface area (Å²) in [6.45, 7) is 1.62. The van der Waals surface area contributed by atoms with Crippen LogP contribution in [0.4, 0.5) is 13.2 Å². The summed E-state index contributed by atoms with van der Waals surface area (Å²) < 4.78 is 41.6. The molecular formula is C9H12F3NO2. The Labute approximate surface area is 85.3 Å². The zero-order valence-electron chi connectivity index (χ0n) is 8.30. The van der Waals surface area contributed by atoms with Crippen LogP contribution < -0.4 is 0 Å². The molecule has 0 aromatic carbocycles. The number of halogens is 3. The third-order valence-electron chi connectivity index (χ3n) is 1.83. The van der Waals surface area contributed by atoms with Crippen molar-refractivity contribution < 1.29 is 22.7 Å². The van der Waals surface area contributed by atoms with Gasteiger partial charge in [0.15, 0.2) is 0 Å². The van der Waals surface area contributed by atoms with Gasteiger partial charge in [0.05, 0.1) is 19.1 Å². The van der Waals surface area contributed by atoms with Gasteiger partial charge in [-0.2, -0.15) is 13.2 Å². The average molecular weight is 223 g/mol. The number of aliphatic imine (C=N–C) groups is 1. The molecule has 1 aliphatic rings. The number of carbonyl (C=O) groups is 1.